The van der Waals surface area contributed by atoms with Crippen LogP contribution in [-0.2, 0) is 9.59 Å². The highest BCUT2D eigenvalue weighted by molar-refractivity contribution is 7.10. The van der Waals surface area contributed by atoms with Crippen molar-refractivity contribution in [3.05, 3.63) is 87.6 Å². The third kappa shape index (κ3) is 4.24. The summed E-state index contributed by atoms with van der Waals surface area (Å²) < 4.78 is 10.9. The Labute approximate surface area is 190 Å². The maximum Gasteiger partial charge on any atom is 0.295 e. The quantitative estimate of drug-likeness (QED) is 0.325. The summed E-state index contributed by atoms with van der Waals surface area (Å²) in [6.45, 7) is 2.34. The number of aliphatic hydroxyl groups excluding tert-OH is 1. The molecule has 7 heteroatoms. The van der Waals surface area contributed by atoms with Crippen LogP contribution in [0.15, 0.2) is 71.6 Å². The molecular weight excluding hydrogens is 426 g/mol. The molecule has 0 aliphatic carbocycles. The molecule has 0 radical (unpaired) electrons. The molecule has 1 saturated heterocycles. The first-order valence-electron chi connectivity index (χ1n) is 10.2. The molecule has 1 amide bonds. The van der Waals surface area contributed by atoms with Crippen LogP contribution in [0.5, 0.6) is 11.5 Å². The van der Waals surface area contributed by atoms with Gasteiger partial charge in [0, 0.05) is 10.4 Å². The maximum absolute atomic E-state index is 12.9. The van der Waals surface area contributed by atoms with E-state index in [0.717, 1.165) is 16.2 Å². The van der Waals surface area contributed by atoms with Gasteiger partial charge < -0.3 is 19.5 Å². The predicted molar refractivity (Wildman–Crippen MR) is 123 cm³/mol. The molecule has 2 aromatic carbocycles. The first kappa shape index (κ1) is 21.6. The number of carbonyl (C=O) groups is 2. The first-order chi connectivity index (χ1) is 15.5. The van der Waals surface area contributed by atoms with Gasteiger partial charge in [-0.2, -0.15) is 0 Å². The number of hydrogen-bond acceptors (Lipinski definition) is 6. The Kier molecular flexibility index (Phi) is 6.28. The second-order valence-corrected chi connectivity index (χ2v) is 8.38. The lowest BCUT2D eigenvalue weighted by Crippen LogP contribution is -2.33. The van der Waals surface area contributed by atoms with E-state index < -0.39 is 17.7 Å². The average molecular weight is 450 g/mol. The molecule has 1 atom stereocenters. The van der Waals surface area contributed by atoms with E-state index in [2.05, 4.69) is 0 Å². The number of thiophene rings is 1. The molecule has 32 heavy (non-hydrogen) atoms. The molecular formula is C25H23NO5S. The van der Waals surface area contributed by atoms with Crippen molar-refractivity contribution >= 4 is 28.8 Å². The number of aliphatic hydroxyl groups is 1. The number of likely N-dealkylation sites (tertiary alicyclic amines) is 1. The van der Waals surface area contributed by atoms with Crippen molar-refractivity contribution in [2.45, 2.75) is 13.0 Å². The summed E-state index contributed by atoms with van der Waals surface area (Å²) in [5, 5.41) is 12.9. The van der Waals surface area contributed by atoms with Crippen LogP contribution < -0.4 is 9.47 Å². The Morgan fingerprint density at radius 3 is 2.34 bits per heavy atom. The smallest absolute Gasteiger partial charge is 0.295 e. The predicted octanol–water partition coefficient (Wildman–Crippen LogP) is 4.57. The fraction of sp³-hybridized carbons (Fsp3) is 0.200. The van der Waals surface area contributed by atoms with Crippen molar-refractivity contribution < 1.29 is 24.2 Å². The zero-order valence-electron chi connectivity index (χ0n) is 17.8. The minimum absolute atomic E-state index is 0.103. The average Bonchev–Trinajstić information content (AvgIpc) is 3.42. The number of ether oxygens (including phenoxy) is 2. The Bertz CT molecular complexity index is 1130. The zero-order valence-corrected chi connectivity index (χ0v) is 18.6. The van der Waals surface area contributed by atoms with Gasteiger partial charge in [-0.25, -0.2) is 0 Å². The van der Waals surface area contributed by atoms with Crippen molar-refractivity contribution in [2.75, 3.05) is 20.3 Å². The summed E-state index contributed by atoms with van der Waals surface area (Å²) >= 11 is 1.43. The number of carbonyl (C=O) groups excluding carboxylic acids is 2. The van der Waals surface area contributed by atoms with Gasteiger partial charge in [0.25, 0.3) is 11.7 Å². The van der Waals surface area contributed by atoms with Gasteiger partial charge in [-0.15, -0.1) is 11.3 Å². The molecule has 1 aliphatic rings. The number of Topliss-reactive ketones (excluding diaryl/α,β-unsaturated/α-hetero) is 1. The summed E-state index contributed by atoms with van der Waals surface area (Å²) in [7, 11) is 1.59. The number of aryl methyl sites for hydroxylation is 1. The van der Waals surface area contributed by atoms with Crippen LogP contribution in [0.4, 0.5) is 0 Å². The molecule has 0 spiro atoms. The number of ketones is 1. The fourth-order valence-electron chi connectivity index (χ4n) is 3.65. The number of hydrogen-bond donors (Lipinski definition) is 1. The van der Waals surface area contributed by atoms with Gasteiger partial charge in [0.15, 0.2) is 0 Å². The molecule has 1 aromatic heterocycles. The van der Waals surface area contributed by atoms with Gasteiger partial charge in [-0.1, -0.05) is 35.9 Å². The molecule has 1 fully saturated rings. The zero-order chi connectivity index (χ0) is 22.7. The SMILES string of the molecule is COc1ccc(OCCN2C(=O)C(=O)/C(=C(\O)c3ccc(C)cc3)C2c2cccs2)cc1. The van der Waals surface area contributed by atoms with Gasteiger partial charge in [0.1, 0.15) is 23.9 Å². The number of benzene rings is 2. The van der Waals surface area contributed by atoms with E-state index in [9.17, 15) is 14.7 Å². The minimum Gasteiger partial charge on any atom is -0.507 e. The Hall–Kier alpha value is -3.58. The molecule has 4 rings (SSSR count). The van der Waals surface area contributed by atoms with Crippen molar-refractivity contribution in [2.24, 2.45) is 0 Å². The second-order valence-electron chi connectivity index (χ2n) is 7.40. The highest BCUT2D eigenvalue weighted by Gasteiger charge is 2.46. The topological polar surface area (TPSA) is 76.1 Å². The lowest BCUT2D eigenvalue weighted by Gasteiger charge is -2.24. The van der Waals surface area contributed by atoms with E-state index >= 15 is 0 Å². The highest BCUT2D eigenvalue weighted by Crippen LogP contribution is 2.40. The fourth-order valence-corrected chi connectivity index (χ4v) is 4.50. The van der Waals surface area contributed by atoms with Gasteiger partial charge in [-0.3, -0.25) is 9.59 Å². The normalized spacial score (nSPS) is 17.6. The Balaban J connectivity index is 1.61. The van der Waals surface area contributed by atoms with Crippen LogP contribution in [0.2, 0.25) is 0 Å². The maximum atomic E-state index is 12.9. The summed E-state index contributed by atoms with van der Waals surface area (Å²) in [6.07, 6.45) is 0. The van der Waals surface area contributed by atoms with Gasteiger partial charge in [0.2, 0.25) is 0 Å². The molecule has 1 unspecified atom stereocenters. The molecule has 6 nitrogen and oxygen atoms in total. The van der Waals surface area contributed by atoms with Crippen molar-refractivity contribution in [3.8, 4) is 11.5 Å². The van der Waals surface area contributed by atoms with E-state index in [4.69, 9.17) is 9.47 Å². The van der Waals surface area contributed by atoms with Gasteiger partial charge >= 0.3 is 0 Å². The van der Waals surface area contributed by atoms with Gasteiger partial charge in [0.05, 0.1) is 25.3 Å². The molecule has 0 bridgehead atoms. The third-order valence-electron chi connectivity index (χ3n) is 5.34. The molecule has 3 aromatic rings. The van der Waals surface area contributed by atoms with E-state index in [1.165, 1.54) is 16.2 Å². The summed E-state index contributed by atoms with van der Waals surface area (Å²) in [5.74, 6) is -0.145. The highest BCUT2D eigenvalue weighted by atomic mass is 32.1. The number of amides is 1. The van der Waals surface area contributed by atoms with Crippen LogP contribution in [0.25, 0.3) is 5.76 Å². The van der Waals surface area contributed by atoms with E-state index in [1.807, 2.05) is 36.6 Å². The molecule has 1 aliphatic heterocycles. The molecule has 2 heterocycles. The summed E-state index contributed by atoms with van der Waals surface area (Å²) in [6, 6.07) is 17.4. The standard InChI is InChI=1S/C25H23NO5S/c1-16-5-7-17(8-6-16)23(27)21-22(20-4-3-15-32-20)26(25(29)24(21)28)13-14-31-19-11-9-18(30-2)10-12-19/h3-12,15,22,27H,13-14H2,1-2H3/b23-21-. The number of nitrogens with zero attached hydrogens (tertiary/aromatic N) is 1. The van der Waals surface area contributed by atoms with E-state index in [1.54, 1.807) is 43.5 Å². The van der Waals surface area contributed by atoms with Crippen LogP contribution in [-0.4, -0.2) is 42.0 Å². The van der Waals surface area contributed by atoms with Crippen LogP contribution in [0.1, 0.15) is 22.0 Å². The van der Waals surface area contributed by atoms with E-state index in [0.29, 0.717) is 11.3 Å². The van der Waals surface area contributed by atoms with Crippen molar-refractivity contribution in [1.82, 2.24) is 4.90 Å². The number of rotatable bonds is 7. The first-order valence-corrected chi connectivity index (χ1v) is 11.0. The largest absolute Gasteiger partial charge is 0.507 e. The van der Waals surface area contributed by atoms with E-state index in [-0.39, 0.29) is 24.5 Å². The van der Waals surface area contributed by atoms with Crippen molar-refractivity contribution in [3.63, 3.8) is 0 Å². The van der Waals surface area contributed by atoms with Crippen LogP contribution in [0.3, 0.4) is 0 Å². The van der Waals surface area contributed by atoms with Crippen molar-refractivity contribution in [1.29, 1.82) is 0 Å². The lowest BCUT2D eigenvalue weighted by molar-refractivity contribution is -0.140. The number of methoxy groups -OCH3 is 1. The monoisotopic (exact) mass is 449 g/mol. The molecule has 0 saturated carbocycles. The Morgan fingerprint density at radius 2 is 1.72 bits per heavy atom. The van der Waals surface area contributed by atoms with Crippen LogP contribution in [0, 0.1) is 6.92 Å². The lowest BCUT2D eigenvalue weighted by atomic mass is 9.99. The Morgan fingerprint density at radius 1 is 1.03 bits per heavy atom. The van der Waals surface area contributed by atoms with Crippen LogP contribution >= 0.6 is 11.3 Å². The second kappa shape index (κ2) is 9.28. The molecule has 164 valence electrons. The summed E-state index contributed by atoms with van der Waals surface area (Å²) in [5.41, 5.74) is 1.64. The third-order valence-corrected chi connectivity index (χ3v) is 6.26. The molecule has 1 N–H and O–H groups in total. The van der Waals surface area contributed by atoms with Gasteiger partial charge in [-0.05, 0) is 42.6 Å². The summed E-state index contributed by atoms with van der Waals surface area (Å²) in [4.78, 5) is 28.1. The minimum atomic E-state index is -0.689.